The molecule has 0 aromatic heterocycles. The lowest BCUT2D eigenvalue weighted by molar-refractivity contribution is -0.181. The van der Waals surface area contributed by atoms with E-state index in [1.54, 1.807) is 45.5 Å². The highest BCUT2D eigenvalue weighted by atomic mass is 16.3. The monoisotopic (exact) mass is 484 g/mol. The van der Waals surface area contributed by atoms with Crippen molar-refractivity contribution in [3.8, 4) is 5.75 Å². The summed E-state index contributed by atoms with van der Waals surface area (Å²) in [5.74, 6) is -10.7. The Labute approximate surface area is 201 Å². The fraction of sp³-hybridized carbons (Fsp3) is 0.500. The van der Waals surface area contributed by atoms with Crippen LogP contribution in [0.3, 0.4) is 0 Å². The molecule has 11 nitrogen and oxygen atoms in total. The molecule has 1 aromatic carbocycles. The first-order chi connectivity index (χ1) is 16.3. The van der Waals surface area contributed by atoms with E-state index >= 15 is 0 Å². The minimum atomic E-state index is -2.73. The van der Waals surface area contributed by atoms with Crippen molar-refractivity contribution in [2.24, 2.45) is 34.4 Å². The van der Waals surface area contributed by atoms with Crippen LogP contribution in [0.5, 0.6) is 5.75 Å². The number of likely N-dealkylation sites (N-methyl/N-ethyl adjacent to an activating group) is 1. The minimum Gasteiger partial charge on any atom is -0.507 e. The summed E-state index contributed by atoms with van der Waals surface area (Å²) in [4.78, 5) is 73.1. The van der Waals surface area contributed by atoms with Gasteiger partial charge in [0.25, 0.3) is 0 Å². The highest BCUT2D eigenvalue weighted by molar-refractivity contribution is 6.32. The predicted molar refractivity (Wildman–Crippen MR) is 123 cm³/mol. The van der Waals surface area contributed by atoms with Crippen LogP contribution in [0.25, 0.3) is 0 Å². The van der Waals surface area contributed by atoms with Gasteiger partial charge in [0.1, 0.15) is 5.75 Å². The lowest BCUT2D eigenvalue weighted by Crippen LogP contribution is -2.74. The second kappa shape index (κ2) is 8.35. The topological polar surface area (TPSA) is 171 Å². The van der Waals surface area contributed by atoms with Gasteiger partial charge >= 0.3 is 0 Å². The van der Waals surface area contributed by atoms with Gasteiger partial charge in [0.2, 0.25) is 5.91 Å². The van der Waals surface area contributed by atoms with Gasteiger partial charge in [-0.3, -0.25) is 28.9 Å². The Morgan fingerprint density at radius 1 is 1.14 bits per heavy atom. The lowest BCUT2D eigenvalue weighted by Gasteiger charge is -2.52. The number of carbonyl (C=O) groups excluding carboxylic acids is 5. The number of primary amides is 1. The molecule has 186 valence electrons. The number of rotatable bonds is 4. The summed E-state index contributed by atoms with van der Waals surface area (Å²) in [7, 11) is 6.63. The first-order valence-corrected chi connectivity index (χ1v) is 11.2. The molecule has 3 aliphatic carbocycles. The third-order valence-corrected chi connectivity index (χ3v) is 7.35. The summed E-state index contributed by atoms with van der Waals surface area (Å²) in [6.45, 7) is 0. The number of phenolic OH excluding ortho intramolecular Hbond substituents is 1. The third kappa shape index (κ3) is 3.49. The Kier molecular flexibility index (Phi) is 5.89. The zero-order valence-electron chi connectivity index (χ0n) is 19.9. The second-order valence-corrected chi connectivity index (χ2v) is 9.95. The zero-order chi connectivity index (χ0) is 26.0. The van der Waals surface area contributed by atoms with E-state index in [4.69, 9.17) is 5.73 Å². The number of phenols is 1. The molecule has 0 spiro atoms. The van der Waals surface area contributed by atoms with Crippen molar-refractivity contribution >= 4 is 41.1 Å². The Balaban J connectivity index is 1.86. The average molecular weight is 485 g/mol. The molecular weight excluding hydrogens is 456 g/mol. The minimum absolute atomic E-state index is 0.00359. The smallest absolute Gasteiger partial charge is 0.235 e. The van der Waals surface area contributed by atoms with Gasteiger partial charge in [0.15, 0.2) is 34.7 Å². The molecule has 3 aliphatic rings. The number of hydrogen-bond donors (Lipinski definition) is 3. The van der Waals surface area contributed by atoms with E-state index in [1.807, 2.05) is 0 Å². The largest absolute Gasteiger partial charge is 0.507 e. The summed E-state index contributed by atoms with van der Waals surface area (Å²) in [6, 6.07) is 1.74. The number of fused-ring (bicyclic) bond motifs is 3. The first-order valence-electron chi connectivity index (χ1n) is 11.2. The molecule has 0 radical (unpaired) electrons. The number of hydrogen-bond acceptors (Lipinski definition) is 9. The summed E-state index contributed by atoms with van der Waals surface area (Å²) < 4.78 is 0. The van der Waals surface area contributed by atoms with Gasteiger partial charge in [0.05, 0.1) is 29.5 Å². The van der Waals surface area contributed by atoms with Gasteiger partial charge in [-0.1, -0.05) is 0 Å². The molecule has 4 N–H and O–H groups in total. The van der Waals surface area contributed by atoms with Crippen molar-refractivity contribution in [2.75, 3.05) is 28.2 Å². The Hall–Kier alpha value is -3.44. The number of nitrogens with zero attached hydrogens (tertiary/aromatic N) is 3. The van der Waals surface area contributed by atoms with Crippen LogP contribution in [-0.2, 0) is 25.6 Å². The highest BCUT2D eigenvalue weighted by Crippen LogP contribution is 2.51. The van der Waals surface area contributed by atoms with Crippen molar-refractivity contribution in [1.82, 2.24) is 9.80 Å². The maximum Gasteiger partial charge on any atom is 0.235 e. The van der Waals surface area contributed by atoms with Gasteiger partial charge in [-0.15, -0.1) is 0 Å². The lowest BCUT2D eigenvalue weighted by atomic mass is 9.52. The fourth-order valence-corrected chi connectivity index (χ4v) is 5.89. The van der Waals surface area contributed by atoms with Crippen molar-refractivity contribution < 1.29 is 34.2 Å². The second-order valence-electron chi connectivity index (χ2n) is 9.95. The van der Waals surface area contributed by atoms with Gasteiger partial charge < -0.3 is 20.8 Å². The molecule has 0 aliphatic heterocycles. The summed E-state index contributed by atoms with van der Waals surface area (Å²) in [6.07, 6.45) is 1.70. The molecule has 1 aromatic rings. The number of aromatic hydroxyl groups is 1. The number of aliphatic imine (C=N–C) groups is 1. The summed E-state index contributed by atoms with van der Waals surface area (Å²) >= 11 is 0. The highest BCUT2D eigenvalue weighted by Gasteiger charge is 2.69. The van der Waals surface area contributed by atoms with Crippen LogP contribution in [0.1, 0.15) is 22.3 Å². The molecule has 4 rings (SSSR count). The molecule has 1 amide bonds. The van der Waals surface area contributed by atoms with Crippen molar-refractivity contribution in [1.29, 1.82) is 0 Å². The Morgan fingerprint density at radius 2 is 1.80 bits per heavy atom. The Morgan fingerprint density at radius 3 is 2.37 bits per heavy atom. The molecule has 2 fully saturated rings. The predicted octanol–water partition coefficient (Wildman–Crippen LogP) is -0.912. The first kappa shape index (κ1) is 24.7. The molecule has 2 saturated carbocycles. The number of Topliss-reactive ketones (excluding diaryl/α,β-unsaturated/α-hetero) is 4. The molecule has 0 bridgehead atoms. The number of nitrogens with two attached hydrogens (primary N) is 1. The molecular formula is C24H28N4O7. The van der Waals surface area contributed by atoms with E-state index in [0.717, 1.165) is 0 Å². The van der Waals surface area contributed by atoms with E-state index < -0.39 is 64.4 Å². The molecule has 0 heterocycles. The third-order valence-electron chi connectivity index (χ3n) is 7.35. The summed E-state index contributed by atoms with van der Waals surface area (Å²) in [5, 5.41) is 22.0. The maximum atomic E-state index is 13.7. The van der Waals surface area contributed by atoms with E-state index in [-0.39, 0.29) is 24.2 Å². The number of amides is 1. The zero-order valence-corrected chi connectivity index (χ0v) is 19.9. The number of aliphatic hydroxyl groups is 1. The average Bonchev–Trinajstić information content (AvgIpc) is 2.75. The van der Waals surface area contributed by atoms with Crippen LogP contribution in [0.4, 0.5) is 5.69 Å². The van der Waals surface area contributed by atoms with E-state index in [2.05, 4.69) is 4.99 Å². The Bertz CT molecular complexity index is 1190. The fourth-order valence-electron chi connectivity index (χ4n) is 5.89. The van der Waals surface area contributed by atoms with E-state index in [0.29, 0.717) is 11.3 Å². The van der Waals surface area contributed by atoms with Gasteiger partial charge in [-0.2, -0.15) is 0 Å². The number of ketones is 4. The van der Waals surface area contributed by atoms with Crippen molar-refractivity contribution in [2.45, 2.75) is 24.5 Å². The molecule has 35 heavy (non-hydrogen) atoms. The van der Waals surface area contributed by atoms with Crippen molar-refractivity contribution in [3.05, 3.63) is 23.3 Å². The molecule has 6 atom stereocenters. The number of carbonyl (C=O) groups is 5. The normalized spacial score (nSPS) is 32.5. The van der Waals surface area contributed by atoms with Crippen LogP contribution >= 0.6 is 0 Å². The molecule has 11 heteroatoms. The summed E-state index contributed by atoms with van der Waals surface area (Å²) in [5.41, 5.74) is 3.40. The van der Waals surface area contributed by atoms with E-state index in [9.17, 15) is 34.2 Å². The quantitative estimate of drug-likeness (QED) is 0.278. The van der Waals surface area contributed by atoms with Gasteiger partial charge in [0, 0.05) is 20.0 Å². The van der Waals surface area contributed by atoms with Crippen molar-refractivity contribution in [3.63, 3.8) is 0 Å². The van der Waals surface area contributed by atoms with Crippen LogP contribution in [-0.4, -0.2) is 95.2 Å². The van der Waals surface area contributed by atoms with Crippen LogP contribution in [0.2, 0.25) is 0 Å². The van der Waals surface area contributed by atoms with Crippen LogP contribution < -0.4 is 5.73 Å². The maximum absolute atomic E-state index is 13.7. The molecule has 2 unspecified atom stereocenters. The van der Waals surface area contributed by atoms with Gasteiger partial charge in [-0.25, -0.2) is 4.99 Å². The van der Waals surface area contributed by atoms with E-state index in [1.165, 1.54) is 11.0 Å². The van der Waals surface area contributed by atoms with Crippen LogP contribution in [0, 0.1) is 23.7 Å². The SMILES string of the molecule is CN(C)C=Nc1ccc(O)c2c1C[C@@H]1C[C@@H]3[C@@H](N(C)C)C(=O)C(C(N)=O)C(=O)[C@]3(O)C(=O)C1C2=O. The standard InChI is InChI=1S/C24H28N4O7/c1-27(2)9-26-13-5-6-14(29)16-11(13)7-10-8-12-18(28(3)4)20(31)17(23(25)34)22(33)24(12,35)21(32)15(10)19(16)30/h5-6,9-10,12,15,17-18,29,35H,7-8H2,1-4H3,(H2,25,34)/t10-,12-,15?,17?,18-,24-/m1/s1. The van der Waals surface area contributed by atoms with Crippen LogP contribution in [0.15, 0.2) is 17.1 Å². The van der Waals surface area contributed by atoms with Gasteiger partial charge in [-0.05, 0) is 50.6 Å². The molecule has 0 saturated heterocycles. The number of benzene rings is 1.